The number of aliphatic carboxylic acids is 1. The summed E-state index contributed by atoms with van der Waals surface area (Å²) in [4.78, 5) is 24.8. The summed E-state index contributed by atoms with van der Waals surface area (Å²) < 4.78 is 0. The number of amides is 2. The van der Waals surface area contributed by atoms with Gasteiger partial charge in [-0.15, -0.1) is 0 Å². The second-order valence-electron chi connectivity index (χ2n) is 4.85. The first kappa shape index (κ1) is 17.7. The van der Waals surface area contributed by atoms with Gasteiger partial charge in [-0.2, -0.15) is 0 Å². The Labute approximate surface area is 116 Å². The Morgan fingerprint density at radius 3 is 2.11 bits per heavy atom. The Morgan fingerprint density at radius 2 is 1.74 bits per heavy atom. The lowest BCUT2D eigenvalue weighted by atomic mass is 10.0. The summed E-state index contributed by atoms with van der Waals surface area (Å²) in [6.45, 7) is 9.32. The Bertz CT molecular complexity index is 278. The zero-order valence-electron chi connectivity index (χ0n) is 12.6. The van der Waals surface area contributed by atoms with E-state index in [1.165, 1.54) is 0 Å². The number of nitrogens with zero attached hydrogens (tertiary/aromatic N) is 1. The maximum absolute atomic E-state index is 12.1. The molecule has 0 aromatic carbocycles. The molecule has 1 atom stereocenters. The summed E-state index contributed by atoms with van der Waals surface area (Å²) in [5.41, 5.74) is 0. The minimum absolute atomic E-state index is 0.268. The highest BCUT2D eigenvalue weighted by Gasteiger charge is 2.22. The highest BCUT2D eigenvalue weighted by atomic mass is 16.4. The molecule has 0 radical (unpaired) electrons. The van der Waals surface area contributed by atoms with Crippen molar-refractivity contribution in [3.05, 3.63) is 0 Å². The van der Waals surface area contributed by atoms with Gasteiger partial charge in [0.25, 0.3) is 0 Å². The lowest BCUT2D eigenvalue weighted by molar-refractivity contribution is -0.139. The molecule has 0 saturated heterocycles. The third-order valence-electron chi connectivity index (χ3n) is 3.48. The maximum atomic E-state index is 12.1. The summed E-state index contributed by atoms with van der Waals surface area (Å²) in [5, 5.41) is 11.7. The number of carbonyl (C=O) groups excluding carboxylic acids is 1. The van der Waals surface area contributed by atoms with Crippen molar-refractivity contribution in [2.24, 2.45) is 5.92 Å². The number of carboxylic acid groups (broad SMARTS) is 1. The lowest BCUT2D eigenvalue weighted by Gasteiger charge is -2.27. The van der Waals surface area contributed by atoms with E-state index in [4.69, 9.17) is 5.11 Å². The summed E-state index contributed by atoms with van der Waals surface area (Å²) >= 11 is 0. The van der Waals surface area contributed by atoms with Crippen molar-refractivity contribution in [2.75, 3.05) is 13.1 Å². The fourth-order valence-electron chi connectivity index (χ4n) is 2.00. The van der Waals surface area contributed by atoms with Gasteiger partial charge in [-0.1, -0.05) is 40.0 Å². The van der Waals surface area contributed by atoms with E-state index in [0.29, 0.717) is 25.4 Å². The van der Waals surface area contributed by atoms with E-state index in [1.54, 1.807) is 4.90 Å². The van der Waals surface area contributed by atoms with Crippen molar-refractivity contribution in [3.8, 4) is 0 Å². The van der Waals surface area contributed by atoms with Gasteiger partial charge >= 0.3 is 12.0 Å². The topological polar surface area (TPSA) is 69.6 Å². The van der Waals surface area contributed by atoms with Crippen LogP contribution in [0.5, 0.6) is 0 Å². The second kappa shape index (κ2) is 9.64. The molecule has 0 spiro atoms. The molecule has 0 bridgehead atoms. The van der Waals surface area contributed by atoms with E-state index in [1.807, 2.05) is 13.8 Å². The Hall–Kier alpha value is -1.26. The third-order valence-corrected chi connectivity index (χ3v) is 3.48. The van der Waals surface area contributed by atoms with Gasteiger partial charge in [0.1, 0.15) is 6.04 Å². The van der Waals surface area contributed by atoms with Gasteiger partial charge in [0, 0.05) is 13.1 Å². The summed E-state index contributed by atoms with van der Waals surface area (Å²) in [7, 11) is 0. The molecule has 112 valence electrons. The molecule has 2 N–H and O–H groups in total. The number of hydrogen-bond donors (Lipinski definition) is 2. The highest BCUT2D eigenvalue weighted by Crippen LogP contribution is 2.10. The number of carbonyl (C=O) groups is 2. The van der Waals surface area contributed by atoms with Crippen LogP contribution in [0.4, 0.5) is 4.79 Å². The Kier molecular flexibility index (Phi) is 9.00. The van der Waals surface area contributed by atoms with E-state index in [0.717, 1.165) is 19.3 Å². The average molecular weight is 272 g/mol. The zero-order valence-corrected chi connectivity index (χ0v) is 12.6. The quantitative estimate of drug-likeness (QED) is 0.678. The number of urea groups is 1. The highest BCUT2D eigenvalue weighted by molar-refractivity contribution is 5.82. The summed E-state index contributed by atoms with van der Waals surface area (Å²) in [6, 6.07) is -1.05. The van der Waals surface area contributed by atoms with Crippen molar-refractivity contribution in [1.82, 2.24) is 10.2 Å². The molecule has 0 aromatic heterocycles. The van der Waals surface area contributed by atoms with Gasteiger partial charge in [0.2, 0.25) is 0 Å². The Balaban J connectivity index is 4.52. The van der Waals surface area contributed by atoms with Crippen LogP contribution >= 0.6 is 0 Å². The van der Waals surface area contributed by atoms with Crippen molar-refractivity contribution in [1.29, 1.82) is 0 Å². The molecule has 0 heterocycles. The molecular formula is C14H28N2O3. The predicted octanol–water partition coefficient (Wildman–Crippen LogP) is 2.71. The van der Waals surface area contributed by atoms with E-state index in [2.05, 4.69) is 19.2 Å². The molecule has 0 aliphatic carbocycles. The van der Waals surface area contributed by atoms with Crippen LogP contribution in [0, 0.1) is 5.92 Å². The van der Waals surface area contributed by atoms with Crippen molar-refractivity contribution < 1.29 is 14.7 Å². The van der Waals surface area contributed by atoms with Crippen LogP contribution in [0.3, 0.4) is 0 Å². The number of carboxylic acids is 1. The van der Waals surface area contributed by atoms with Gasteiger partial charge < -0.3 is 15.3 Å². The first-order valence-corrected chi connectivity index (χ1v) is 7.28. The van der Waals surface area contributed by atoms with Gasteiger partial charge in [-0.25, -0.2) is 9.59 Å². The number of nitrogens with one attached hydrogen (secondary N) is 1. The van der Waals surface area contributed by atoms with E-state index in [-0.39, 0.29) is 6.03 Å². The number of hydrogen-bond acceptors (Lipinski definition) is 2. The van der Waals surface area contributed by atoms with Crippen LogP contribution in [0.2, 0.25) is 0 Å². The molecule has 2 amide bonds. The number of rotatable bonds is 9. The van der Waals surface area contributed by atoms with Crippen LogP contribution in [0.1, 0.15) is 53.4 Å². The lowest BCUT2D eigenvalue weighted by Crippen LogP contribution is -2.49. The molecule has 0 unspecified atom stereocenters. The molecule has 0 rings (SSSR count). The maximum Gasteiger partial charge on any atom is 0.326 e. The van der Waals surface area contributed by atoms with Gasteiger partial charge in [-0.3, -0.25) is 0 Å². The van der Waals surface area contributed by atoms with E-state index >= 15 is 0 Å². The van der Waals surface area contributed by atoms with Crippen LogP contribution in [0.15, 0.2) is 0 Å². The largest absolute Gasteiger partial charge is 0.480 e. The first-order valence-electron chi connectivity index (χ1n) is 7.28. The Morgan fingerprint density at radius 1 is 1.16 bits per heavy atom. The second-order valence-corrected chi connectivity index (χ2v) is 4.85. The van der Waals surface area contributed by atoms with Crippen LogP contribution in [0.25, 0.3) is 0 Å². The zero-order chi connectivity index (χ0) is 14.8. The normalized spacial score (nSPS) is 12.3. The monoisotopic (exact) mass is 272 g/mol. The van der Waals surface area contributed by atoms with Crippen LogP contribution < -0.4 is 5.32 Å². The molecular weight excluding hydrogens is 244 g/mol. The molecule has 0 aliphatic rings. The molecule has 5 heteroatoms. The van der Waals surface area contributed by atoms with Crippen molar-refractivity contribution in [2.45, 2.75) is 59.4 Å². The summed E-state index contributed by atoms with van der Waals surface area (Å²) in [6.07, 6.45) is 3.24. The fraction of sp³-hybridized carbons (Fsp3) is 0.857. The van der Waals surface area contributed by atoms with Crippen LogP contribution in [-0.2, 0) is 4.79 Å². The molecule has 0 saturated carbocycles. The minimum atomic E-state index is -0.964. The first-order chi connectivity index (χ1) is 8.99. The van der Waals surface area contributed by atoms with E-state index in [9.17, 15) is 9.59 Å². The third kappa shape index (κ3) is 6.45. The molecule has 0 aliphatic heterocycles. The predicted molar refractivity (Wildman–Crippen MR) is 76.2 cm³/mol. The van der Waals surface area contributed by atoms with Gasteiger partial charge in [-0.05, 0) is 19.3 Å². The average Bonchev–Trinajstić information content (AvgIpc) is 2.39. The van der Waals surface area contributed by atoms with Crippen LogP contribution in [-0.4, -0.2) is 41.1 Å². The molecule has 5 nitrogen and oxygen atoms in total. The van der Waals surface area contributed by atoms with Crippen molar-refractivity contribution >= 4 is 12.0 Å². The summed E-state index contributed by atoms with van der Waals surface area (Å²) in [5.74, 6) is -0.492. The SMILES string of the molecule is CCC[C@H](NC(=O)N(CC)CC(CC)CC)C(=O)O. The molecule has 0 aromatic rings. The fourth-order valence-corrected chi connectivity index (χ4v) is 2.00. The standard InChI is InChI=1S/C14H28N2O3/c1-5-9-12(13(17)18)15-14(19)16(8-4)10-11(6-2)7-3/h11-12H,5-10H2,1-4H3,(H,15,19)(H,17,18)/t12-/m0/s1. The molecule has 19 heavy (non-hydrogen) atoms. The smallest absolute Gasteiger partial charge is 0.326 e. The molecule has 0 fully saturated rings. The van der Waals surface area contributed by atoms with Gasteiger partial charge in [0.05, 0.1) is 0 Å². The van der Waals surface area contributed by atoms with Gasteiger partial charge in [0.15, 0.2) is 0 Å². The minimum Gasteiger partial charge on any atom is -0.480 e. The van der Waals surface area contributed by atoms with E-state index < -0.39 is 12.0 Å². The van der Waals surface area contributed by atoms with Crippen molar-refractivity contribution in [3.63, 3.8) is 0 Å².